The van der Waals surface area contributed by atoms with Crippen molar-refractivity contribution in [2.45, 2.75) is 25.1 Å². The minimum absolute atomic E-state index is 0.141. The Balaban J connectivity index is 1.64. The second-order valence-electron chi connectivity index (χ2n) is 7.29. The van der Waals surface area contributed by atoms with Gasteiger partial charge in [-0.1, -0.05) is 11.6 Å². The molecule has 0 bridgehead atoms. The van der Waals surface area contributed by atoms with Crippen molar-refractivity contribution in [3.8, 4) is 23.0 Å². The van der Waals surface area contributed by atoms with E-state index in [2.05, 4.69) is 25.1 Å². The first-order valence-electron chi connectivity index (χ1n) is 10.3. The lowest BCUT2D eigenvalue weighted by Gasteiger charge is -2.19. The molecular weight excluding hydrogens is 472 g/mol. The van der Waals surface area contributed by atoms with Crippen LogP contribution < -0.4 is 9.47 Å². The molecule has 13 heteroatoms. The van der Waals surface area contributed by atoms with Gasteiger partial charge in [0.2, 0.25) is 0 Å². The monoisotopic (exact) mass is 494 g/mol. The van der Waals surface area contributed by atoms with Crippen LogP contribution >= 0.6 is 11.6 Å². The Morgan fingerprint density at radius 1 is 1.24 bits per heavy atom. The Kier molecular flexibility index (Phi) is 7.05. The van der Waals surface area contributed by atoms with Crippen LogP contribution in [0, 0.1) is 0 Å². The second kappa shape index (κ2) is 9.98. The van der Waals surface area contributed by atoms with Crippen LogP contribution in [0.5, 0.6) is 11.6 Å². The van der Waals surface area contributed by atoms with Gasteiger partial charge in [-0.2, -0.15) is 0 Å². The van der Waals surface area contributed by atoms with E-state index in [0.29, 0.717) is 52.9 Å². The van der Waals surface area contributed by atoms with Gasteiger partial charge in [0.15, 0.2) is 21.4 Å². The molecule has 0 radical (unpaired) electrons. The van der Waals surface area contributed by atoms with E-state index < -0.39 is 9.84 Å². The summed E-state index contributed by atoms with van der Waals surface area (Å²) in [6.07, 6.45) is 4.62. The van der Waals surface area contributed by atoms with Crippen LogP contribution in [0.3, 0.4) is 0 Å². The fraction of sp³-hybridized carbons (Fsp3) is 0.450. The summed E-state index contributed by atoms with van der Waals surface area (Å²) in [5.74, 6) is 1.49. The molecule has 3 aromatic heterocycles. The molecule has 0 aliphatic carbocycles. The van der Waals surface area contributed by atoms with Crippen LogP contribution in [-0.4, -0.2) is 70.8 Å². The van der Waals surface area contributed by atoms with Crippen LogP contribution in [0.25, 0.3) is 11.4 Å². The summed E-state index contributed by atoms with van der Waals surface area (Å²) in [6, 6.07) is 1.40. The molecule has 0 saturated carbocycles. The van der Waals surface area contributed by atoms with Crippen molar-refractivity contribution >= 4 is 21.4 Å². The number of rotatable bonds is 9. The number of pyridine rings is 1. The molecule has 0 aromatic carbocycles. The van der Waals surface area contributed by atoms with Crippen molar-refractivity contribution < 1.29 is 22.6 Å². The number of hydrogen-bond donors (Lipinski definition) is 0. The molecule has 0 saturated heterocycles. The summed E-state index contributed by atoms with van der Waals surface area (Å²) in [6.45, 7) is 2.90. The van der Waals surface area contributed by atoms with E-state index in [1.54, 1.807) is 16.8 Å². The predicted molar refractivity (Wildman–Crippen MR) is 119 cm³/mol. The standard InChI is InChI=1S/C20H23ClN6O5S/c1-3-31-10-14-11-32-18-15(4-6-22-20(18)30-2)19-26-25-17(27(14)19)12-33(28,29)7-5-16-23-8-13(21)9-24-16/h4,6,8-9,14H,3,5,7,10-12H2,1-2H3/t14-/m1/s1. The minimum atomic E-state index is -3.55. The Bertz CT molecular complexity index is 1220. The molecule has 1 aliphatic heterocycles. The highest BCUT2D eigenvalue weighted by Crippen LogP contribution is 2.39. The Hall–Kier alpha value is -2.83. The fourth-order valence-electron chi connectivity index (χ4n) is 3.49. The average molecular weight is 495 g/mol. The third kappa shape index (κ3) is 5.23. The largest absolute Gasteiger partial charge is 0.485 e. The number of aryl methyl sites for hydroxylation is 1. The van der Waals surface area contributed by atoms with Crippen molar-refractivity contribution in [2.24, 2.45) is 0 Å². The third-order valence-electron chi connectivity index (χ3n) is 5.03. The van der Waals surface area contributed by atoms with Crippen LogP contribution in [0.15, 0.2) is 24.7 Å². The van der Waals surface area contributed by atoms with Crippen LogP contribution in [0.2, 0.25) is 5.02 Å². The molecular formula is C20H23ClN6O5S. The summed E-state index contributed by atoms with van der Waals surface area (Å²) in [5, 5.41) is 8.90. The lowest BCUT2D eigenvalue weighted by atomic mass is 10.2. The summed E-state index contributed by atoms with van der Waals surface area (Å²) < 4.78 is 44.6. The van der Waals surface area contributed by atoms with Gasteiger partial charge in [-0.3, -0.25) is 0 Å². The van der Waals surface area contributed by atoms with E-state index in [9.17, 15) is 8.42 Å². The number of aromatic nitrogens is 6. The molecule has 0 unspecified atom stereocenters. The number of sulfone groups is 1. The van der Waals surface area contributed by atoms with Gasteiger partial charge in [-0.15, -0.1) is 10.2 Å². The Labute approximate surface area is 196 Å². The lowest BCUT2D eigenvalue weighted by molar-refractivity contribution is 0.0914. The molecule has 176 valence electrons. The second-order valence-corrected chi connectivity index (χ2v) is 9.91. The van der Waals surface area contributed by atoms with E-state index in [1.165, 1.54) is 19.5 Å². The number of methoxy groups -OCH3 is 1. The topological polar surface area (TPSA) is 131 Å². The number of halogens is 1. The number of ether oxygens (including phenoxy) is 3. The van der Waals surface area contributed by atoms with Crippen LogP contribution in [-0.2, 0) is 26.7 Å². The maximum absolute atomic E-state index is 12.9. The SMILES string of the molecule is CCOC[C@@H]1COc2c(ccnc2OC)-c2nnc(CS(=O)(=O)CCc3ncc(Cl)cn3)n21. The first-order chi connectivity index (χ1) is 15.9. The molecule has 1 atom stereocenters. The number of hydrogen-bond acceptors (Lipinski definition) is 10. The molecule has 4 rings (SSSR count). The third-order valence-corrected chi connectivity index (χ3v) is 6.75. The summed E-state index contributed by atoms with van der Waals surface area (Å²) >= 11 is 5.79. The quantitative estimate of drug-likeness (QED) is 0.434. The van der Waals surface area contributed by atoms with Crippen LogP contribution in [0.1, 0.15) is 24.6 Å². The molecule has 0 amide bonds. The van der Waals surface area contributed by atoms with Gasteiger partial charge < -0.3 is 18.8 Å². The van der Waals surface area contributed by atoms with Gasteiger partial charge in [0, 0.05) is 31.6 Å². The predicted octanol–water partition coefficient (Wildman–Crippen LogP) is 1.92. The van der Waals surface area contributed by atoms with E-state index in [0.717, 1.165) is 0 Å². The van der Waals surface area contributed by atoms with Gasteiger partial charge in [0.05, 0.1) is 36.1 Å². The zero-order valence-corrected chi connectivity index (χ0v) is 19.7. The fourth-order valence-corrected chi connectivity index (χ4v) is 4.82. The number of nitrogens with zero attached hydrogens (tertiary/aromatic N) is 6. The highest BCUT2D eigenvalue weighted by molar-refractivity contribution is 7.90. The molecule has 33 heavy (non-hydrogen) atoms. The van der Waals surface area contributed by atoms with Gasteiger partial charge in [-0.25, -0.2) is 23.4 Å². The van der Waals surface area contributed by atoms with Gasteiger partial charge in [0.1, 0.15) is 24.0 Å². The molecule has 3 aromatic rings. The molecule has 11 nitrogen and oxygen atoms in total. The normalized spacial score (nSPS) is 15.3. The molecule has 4 heterocycles. The first kappa shape index (κ1) is 23.3. The van der Waals surface area contributed by atoms with E-state index in [1.807, 2.05) is 6.92 Å². The zero-order chi connectivity index (χ0) is 23.4. The van der Waals surface area contributed by atoms with Crippen molar-refractivity contribution in [3.63, 3.8) is 0 Å². The summed E-state index contributed by atoms with van der Waals surface area (Å²) in [7, 11) is -2.05. The highest BCUT2D eigenvalue weighted by atomic mass is 35.5. The number of fused-ring (bicyclic) bond motifs is 3. The van der Waals surface area contributed by atoms with Crippen molar-refractivity contribution in [2.75, 3.05) is 32.7 Å². The maximum atomic E-state index is 12.9. The van der Waals surface area contributed by atoms with Gasteiger partial charge >= 0.3 is 0 Å². The Morgan fingerprint density at radius 2 is 2.03 bits per heavy atom. The van der Waals surface area contributed by atoms with Crippen LogP contribution in [0.4, 0.5) is 0 Å². The summed E-state index contributed by atoms with van der Waals surface area (Å²) in [5.41, 5.74) is 0.617. The molecule has 0 fully saturated rings. The average Bonchev–Trinajstić information content (AvgIpc) is 3.13. The van der Waals surface area contributed by atoms with Crippen molar-refractivity contribution in [1.29, 1.82) is 0 Å². The lowest BCUT2D eigenvalue weighted by Crippen LogP contribution is -2.25. The molecule has 0 N–H and O–H groups in total. The smallest absolute Gasteiger partial charge is 0.257 e. The zero-order valence-electron chi connectivity index (χ0n) is 18.1. The first-order valence-corrected chi connectivity index (χ1v) is 12.5. The molecule has 0 spiro atoms. The highest BCUT2D eigenvalue weighted by Gasteiger charge is 2.31. The molecule has 1 aliphatic rings. The van der Waals surface area contributed by atoms with E-state index in [-0.39, 0.29) is 30.6 Å². The minimum Gasteiger partial charge on any atom is -0.485 e. The van der Waals surface area contributed by atoms with Crippen molar-refractivity contribution in [3.05, 3.63) is 41.3 Å². The maximum Gasteiger partial charge on any atom is 0.257 e. The van der Waals surface area contributed by atoms with Gasteiger partial charge in [-0.05, 0) is 13.0 Å². The summed E-state index contributed by atoms with van der Waals surface area (Å²) in [4.78, 5) is 12.3. The van der Waals surface area contributed by atoms with E-state index >= 15 is 0 Å². The van der Waals surface area contributed by atoms with E-state index in [4.69, 9.17) is 25.8 Å². The Morgan fingerprint density at radius 3 is 2.76 bits per heavy atom. The van der Waals surface area contributed by atoms with Crippen molar-refractivity contribution in [1.82, 2.24) is 29.7 Å². The van der Waals surface area contributed by atoms with Gasteiger partial charge in [0.25, 0.3) is 5.88 Å².